The normalized spacial score (nSPS) is 12.7. The van der Waals surface area contributed by atoms with E-state index in [-0.39, 0.29) is 18.2 Å². The lowest BCUT2D eigenvalue weighted by Gasteiger charge is -2.21. The molecule has 0 aromatic heterocycles. The Hall–Kier alpha value is -2.23. The third kappa shape index (κ3) is 3.02. The number of nitrogens with zero attached hydrogens (tertiary/aromatic N) is 2. The zero-order chi connectivity index (χ0) is 15.8. The van der Waals surface area contributed by atoms with Crippen LogP contribution in [0.2, 0.25) is 0 Å². The first-order chi connectivity index (χ1) is 8.94. The molecule has 0 bridgehead atoms. The highest BCUT2D eigenvalue weighted by Gasteiger charge is 2.39. The number of hydrogen-bond donors (Lipinski definition) is 0. The number of nitriles is 2. The van der Waals surface area contributed by atoms with Crippen LogP contribution in [0.15, 0.2) is 18.2 Å². The Morgan fingerprint density at radius 1 is 0.800 bits per heavy atom. The Labute approximate surface area is 108 Å². The maximum atomic E-state index is 13.7. The Bertz CT molecular complexity index is 560. The summed E-state index contributed by atoms with van der Waals surface area (Å²) in [5.74, 6) is 1.60. The van der Waals surface area contributed by atoms with Gasteiger partial charge in [-0.15, -0.1) is 5.46 Å². The Balaban J connectivity index is 3.65. The van der Waals surface area contributed by atoms with Crippen molar-refractivity contribution in [3.63, 3.8) is 0 Å². The van der Waals surface area contributed by atoms with Gasteiger partial charge in [0.2, 0.25) is 0 Å². The number of halogens is 7. The summed E-state index contributed by atoms with van der Waals surface area (Å²) in [5, 5.41) is 16.9. The summed E-state index contributed by atoms with van der Waals surface area (Å²) >= 11 is 0. The van der Waals surface area contributed by atoms with E-state index in [2.05, 4.69) is 0 Å². The van der Waals surface area contributed by atoms with Crippen LogP contribution < -0.4 is 5.46 Å². The molecule has 0 saturated carbocycles. The first-order valence-electron chi connectivity index (χ1n) is 4.90. The van der Waals surface area contributed by atoms with Gasteiger partial charge >= 0.3 is 18.8 Å². The Kier molecular flexibility index (Phi) is 3.73. The van der Waals surface area contributed by atoms with Crippen molar-refractivity contribution in [1.29, 1.82) is 10.5 Å². The standard InChI is InChI=1S/C10H3BF7N2/c12-9(13,14)6-1-7(10(15,16)17)3-8(2-6)11(18,4-19)5-20/h1-3H/q-1. The van der Waals surface area contributed by atoms with Gasteiger partial charge < -0.3 is 4.32 Å². The quantitative estimate of drug-likeness (QED) is 0.590. The van der Waals surface area contributed by atoms with E-state index in [1.165, 1.54) is 0 Å². The van der Waals surface area contributed by atoms with Gasteiger partial charge in [0.15, 0.2) is 0 Å². The van der Waals surface area contributed by atoms with Crippen molar-refractivity contribution in [2.75, 3.05) is 0 Å². The maximum Gasteiger partial charge on any atom is 0.416 e. The molecule has 0 atom stereocenters. The first kappa shape index (κ1) is 15.8. The lowest BCUT2D eigenvalue weighted by Crippen LogP contribution is -2.42. The summed E-state index contributed by atoms with van der Waals surface area (Å²) in [5.41, 5.74) is -4.81. The molecule has 0 aliphatic rings. The van der Waals surface area contributed by atoms with Gasteiger partial charge in [-0.05, 0) is 6.07 Å². The summed E-state index contributed by atoms with van der Waals surface area (Å²) in [6, 6.07) is -0.155. The van der Waals surface area contributed by atoms with E-state index < -0.39 is 35.4 Å². The molecule has 1 rings (SSSR count). The SMILES string of the molecule is N#C[B-](F)(C#N)c1cc(C(F)(F)F)cc(C(F)(F)F)c1. The molecule has 0 radical (unpaired) electrons. The van der Waals surface area contributed by atoms with Crippen molar-refractivity contribution < 1.29 is 30.7 Å². The molecule has 20 heavy (non-hydrogen) atoms. The van der Waals surface area contributed by atoms with Crippen LogP contribution in [-0.4, -0.2) is 6.42 Å². The smallest absolute Gasteiger partial charge is 0.416 e. The molecule has 0 unspecified atom stereocenters. The molecule has 10 heteroatoms. The fourth-order valence-electron chi connectivity index (χ4n) is 1.39. The van der Waals surface area contributed by atoms with Gasteiger partial charge in [-0.2, -0.15) is 26.3 Å². The van der Waals surface area contributed by atoms with Gasteiger partial charge in [0.25, 0.3) is 0 Å². The van der Waals surface area contributed by atoms with E-state index in [4.69, 9.17) is 10.5 Å². The van der Waals surface area contributed by atoms with Crippen molar-refractivity contribution >= 4 is 11.9 Å². The minimum Gasteiger partial charge on any atom is -0.476 e. The lowest BCUT2D eigenvalue weighted by atomic mass is 9.41. The third-order valence-corrected chi connectivity index (χ3v) is 2.43. The van der Waals surface area contributed by atoms with Crippen molar-refractivity contribution in [2.45, 2.75) is 12.4 Å². The second-order valence-electron chi connectivity index (χ2n) is 3.86. The lowest BCUT2D eigenvalue weighted by molar-refractivity contribution is -0.142. The molecule has 1 aromatic carbocycles. The van der Waals surface area contributed by atoms with Crippen molar-refractivity contribution in [1.82, 2.24) is 0 Å². The van der Waals surface area contributed by atoms with E-state index in [1.807, 2.05) is 0 Å². The summed E-state index contributed by atoms with van der Waals surface area (Å²) in [6.45, 7) is 0. The minimum absolute atomic E-state index is 0.0294. The van der Waals surface area contributed by atoms with Crippen molar-refractivity contribution in [2.24, 2.45) is 0 Å². The van der Waals surface area contributed by atoms with Crippen molar-refractivity contribution in [3.8, 4) is 11.9 Å². The molecule has 0 amide bonds. The molecule has 0 heterocycles. The van der Waals surface area contributed by atoms with E-state index in [1.54, 1.807) is 0 Å². The number of alkyl halides is 6. The molecule has 2 nitrogen and oxygen atoms in total. The number of benzene rings is 1. The van der Waals surface area contributed by atoms with E-state index in [9.17, 15) is 30.7 Å². The summed E-state index contributed by atoms with van der Waals surface area (Å²) in [7, 11) is 0. The molecular weight excluding hydrogens is 292 g/mol. The molecule has 0 aliphatic carbocycles. The second kappa shape index (κ2) is 4.71. The highest BCUT2D eigenvalue weighted by atomic mass is 19.4. The van der Waals surface area contributed by atoms with Crippen LogP contribution in [0.25, 0.3) is 0 Å². The molecule has 1 aromatic rings. The fourth-order valence-corrected chi connectivity index (χ4v) is 1.39. The van der Waals surface area contributed by atoms with E-state index in [0.29, 0.717) is 0 Å². The maximum absolute atomic E-state index is 13.7. The van der Waals surface area contributed by atoms with Gasteiger partial charge in [-0.1, -0.05) is 24.1 Å². The highest BCUT2D eigenvalue weighted by molar-refractivity contribution is 6.98. The first-order valence-corrected chi connectivity index (χ1v) is 4.90. The number of rotatable bonds is 1. The topological polar surface area (TPSA) is 47.6 Å². The van der Waals surface area contributed by atoms with Gasteiger partial charge in [0.1, 0.15) is 0 Å². The number of hydrogen-bond acceptors (Lipinski definition) is 2. The van der Waals surface area contributed by atoms with Crippen molar-refractivity contribution in [3.05, 3.63) is 29.3 Å². The highest BCUT2D eigenvalue weighted by Crippen LogP contribution is 2.35. The van der Waals surface area contributed by atoms with Crippen LogP contribution in [0.3, 0.4) is 0 Å². The van der Waals surface area contributed by atoms with Crippen LogP contribution in [0.5, 0.6) is 0 Å². The van der Waals surface area contributed by atoms with Gasteiger partial charge in [-0.3, -0.25) is 0 Å². The fraction of sp³-hybridized carbons (Fsp3) is 0.200. The second-order valence-corrected chi connectivity index (χ2v) is 3.86. The average molecular weight is 295 g/mol. The predicted molar refractivity (Wildman–Crippen MR) is 54.2 cm³/mol. The van der Waals surface area contributed by atoms with Crippen LogP contribution in [0, 0.1) is 22.5 Å². The zero-order valence-electron chi connectivity index (χ0n) is 9.35. The van der Waals surface area contributed by atoms with E-state index in [0.717, 1.165) is 11.9 Å². The molecule has 0 aliphatic heterocycles. The molecule has 0 fully saturated rings. The summed E-state index contributed by atoms with van der Waals surface area (Å²) < 4.78 is 88.6. The zero-order valence-corrected chi connectivity index (χ0v) is 9.35. The largest absolute Gasteiger partial charge is 0.476 e. The van der Waals surface area contributed by atoms with E-state index >= 15 is 0 Å². The van der Waals surface area contributed by atoms with Gasteiger partial charge in [0.05, 0.1) is 11.1 Å². The molecular formula is C10H3BF7N2-. The van der Waals surface area contributed by atoms with Crippen LogP contribution in [0.1, 0.15) is 11.1 Å². The summed E-state index contributed by atoms with van der Waals surface area (Å²) in [4.78, 5) is 0. The monoisotopic (exact) mass is 295 g/mol. The van der Waals surface area contributed by atoms with Gasteiger partial charge in [-0.25, -0.2) is 10.5 Å². The average Bonchev–Trinajstić information content (AvgIpc) is 2.35. The summed E-state index contributed by atoms with van der Waals surface area (Å²) in [6.07, 6.45) is -14.6. The molecule has 0 saturated heterocycles. The molecule has 0 spiro atoms. The third-order valence-electron chi connectivity index (χ3n) is 2.43. The predicted octanol–water partition coefficient (Wildman–Crippen LogP) is 2.97. The van der Waals surface area contributed by atoms with Crippen LogP contribution >= 0.6 is 0 Å². The Morgan fingerprint density at radius 3 is 1.40 bits per heavy atom. The molecule has 0 N–H and O–H groups in total. The minimum atomic E-state index is -5.17. The van der Waals surface area contributed by atoms with Gasteiger partial charge in [0, 0.05) is 0 Å². The Morgan fingerprint density at radius 2 is 1.15 bits per heavy atom. The van der Waals surface area contributed by atoms with Crippen LogP contribution in [0.4, 0.5) is 30.7 Å². The molecule has 106 valence electrons. The van der Waals surface area contributed by atoms with Crippen LogP contribution in [-0.2, 0) is 12.4 Å².